The molecule has 110 valence electrons. The highest BCUT2D eigenvalue weighted by Crippen LogP contribution is 2.37. The van der Waals surface area contributed by atoms with Crippen LogP contribution in [0.2, 0.25) is 0 Å². The molecule has 22 heavy (non-hydrogen) atoms. The van der Waals surface area contributed by atoms with Gasteiger partial charge in [0.2, 0.25) is 0 Å². The van der Waals surface area contributed by atoms with Crippen molar-refractivity contribution in [3.8, 4) is 0 Å². The Balaban J connectivity index is 1.67. The number of benzene rings is 1. The van der Waals surface area contributed by atoms with Crippen LogP contribution in [0.3, 0.4) is 0 Å². The maximum absolute atomic E-state index is 4.43. The number of thiophene rings is 1. The van der Waals surface area contributed by atoms with E-state index in [4.69, 9.17) is 0 Å². The molecule has 3 aromatic rings. The van der Waals surface area contributed by atoms with Gasteiger partial charge in [-0.1, -0.05) is 30.3 Å². The van der Waals surface area contributed by atoms with Crippen molar-refractivity contribution in [1.82, 2.24) is 9.97 Å². The van der Waals surface area contributed by atoms with Crippen molar-refractivity contribution in [2.45, 2.75) is 25.7 Å². The first-order valence-corrected chi connectivity index (χ1v) is 8.33. The van der Waals surface area contributed by atoms with Crippen LogP contribution >= 0.6 is 11.3 Å². The van der Waals surface area contributed by atoms with Crippen LogP contribution in [0.4, 0.5) is 5.82 Å². The van der Waals surface area contributed by atoms with Gasteiger partial charge in [-0.3, -0.25) is 5.43 Å². The summed E-state index contributed by atoms with van der Waals surface area (Å²) in [5.74, 6) is 0.816. The molecule has 5 heteroatoms. The Hall–Kier alpha value is -2.27. The van der Waals surface area contributed by atoms with Crippen LogP contribution in [0.25, 0.3) is 10.2 Å². The molecule has 1 aromatic carbocycles. The number of hydrogen-bond acceptors (Lipinski definition) is 5. The number of rotatable bonds is 3. The molecule has 0 saturated heterocycles. The second-order valence-electron chi connectivity index (χ2n) is 5.39. The zero-order valence-electron chi connectivity index (χ0n) is 12.1. The van der Waals surface area contributed by atoms with E-state index in [0.29, 0.717) is 0 Å². The van der Waals surface area contributed by atoms with Crippen molar-refractivity contribution in [2.75, 3.05) is 5.43 Å². The molecule has 0 atom stereocenters. The summed E-state index contributed by atoms with van der Waals surface area (Å²) in [5, 5.41) is 5.49. The Labute approximate surface area is 132 Å². The van der Waals surface area contributed by atoms with Gasteiger partial charge in [0.25, 0.3) is 0 Å². The number of hydrogen-bond donors (Lipinski definition) is 1. The molecular formula is C17H16N4S. The standard InChI is InChI=1S/C17H16N4S/c1-2-6-12(7-3-1)10-20-21-16-15-13-8-4-5-9-14(13)22-17(15)19-11-18-16/h1-3,6-7,10-11H,4-5,8-9H2,(H,18,19,21)/b20-10-. The van der Waals surface area contributed by atoms with Gasteiger partial charge in [-0.15, -0.1) is 11.3 Å². The van der Waals surface area contributed by atoms with Crippen LogP contribution in [0.5, 0.6) is 0 Å². The van der Waals surface area contributed by atoms with Crippen molar-refractivity contribution >= 4 is 33.6 Å². The highest BCUT2D eigenvalue weighted by Gasteiger charge is 2.19. The van der Waals surface area contributed by atoms with Crippen molar-refractivity contribution in [2.24, 2.45) is 5.10 Å². The van der Waals surface area contributed by atoms with E-state index in [0.717, 1.165) is 28.0 Å². The summed E-state index contributed by atoms with van der Waals surface area (Å²) in [6, 6.07) is 10.0. The van der Waals surface area contributed by atoms with Gasteiger partial charge in [0.05, 0.1) is 11.6 Å². The van der Waals surface area contributed by atoms with Crippen molar-refractivity contribution in [1.29, 1.82) is 0 Å². The number of aryl methyl sites for hydroxylation is 2. The minimum Gasteiger partial charge on any atom is -0.261 e. The Kier molecular flexibility index (Phi) is 3.56. The van der Waals surface area contributed by atoms with Gasteiger partial charge in [-0.25, -0.2) is 9.97 Å². The molecule has 1 N–H and O–H groups in total. The summed E-state index contributed by atoms with van der Waals surface area (Å²) < 4.78 is 0. The second kappa shape index (κ2) is 5.85. The lowest BCUT2D eigenvalue weighted by atomic mass is 9.97. The van der Waals surface area contributed by atoms with Gasteiger partial charge in [0.15, 0.2) is 5.82 Å². The first kappa shape index (κ1) is 13.4. The maximum atomic E-state index is 4.43. The Morgan fingerprint density at radius 3 is 2.86 bits per heavy atom. The number of hydrazone groups is 1. The van der Waals surface area contributed by atoms with Gasteiger partial charge >= 0.3 is 0 Å². The summed E-state index contributed by atoms with van der Waals surface area (Å²) in [4.78, 5) is 11.4. The fraction of sp³-hybridized carbons (Fsp3) is 0.235. The Morgan fingerprint density at radius 1 is 1.09 bits per heavy atom. The first-order valence-electron chi connectivity index (χ1n) is 7.51. The summed E-state index contributed by atoms with van der Waals surface area (Å²) in [6.45, 7) is 0. The zero-order valence-corrected chi connectivity index (χ0v) is 12.9. The van der Waals surface area contributed by atoms with Crippen molar-refractivity contribution in [3.63, 3.8) is 0 Å². The monoisotopic (exact) mass is 308 g/mol. The van der Waals surface area contributed by atoms with Crippen molar-refractivity contribution < 1.29 is 0 Å². The fourth-order valence-electron chi connectivity index (χ4n) is 2.88. The molecule has 2 aromatic heterocycles. The van der Waals surface area contributed by atoms with E-state index in [9.17, 15) is 0 Å². The molecule has 0 amide bonds. The number of nitrogens with one attached hydrogen (secondary N) is 1. The van der Waals surface area contributed by atoms with Crippen LogP contribution in [-0.2, 0) is 12.8 Å². The molecule has 1 aliphatic carbocycles. The normalized spacial score (nSPS) is 14.4. The smallest absolute Gasteiger partial charge is 0.158 e. The highest BCUT2D eigenvalue weighted by molar-refractivity contribution is 7.19. The highest BCUT2D eigenvalue weighted by atomic mass is 32.1. The lowest BCUT2D eigenvalue weighted by Gasteiger charge is -2.11. The van der Waals surface area contributed by atoms with E-state index >= 15 is 0 Å². The summed E-state index contributed by atoms with van der Waals surface area (Å²) in [5.41, 5.74) is 5.58. The predicted octanol–water partition coefficient (Wildman–Crippen LogP) is 4.02. The van der Waals surface area contributed by atoms with E-state index in [-0.39, 0.29) is 0 Å². The molecule has 4 rings (SSSR count). The van der Waals surface area contributed by atoms with Crippen LogP contribution in [0.15, 0.2) is 41.8 Å². The second-order valence-corrected chi connectivity index (χ2v) is 6.48. The molecule has 0 saturated carbocycles. The predicted molar refractivity (Wildman–Crippen MR) is 91.7 cm³/mol. The van der Waals surface area contributed by atoms with E-state index in [1.807, 2.05) is 36.5 Å². The van der Waals surface area contributed by atoms with Gasteiger partial charge < -0.3 is 0 Å². The molecule has 0 unspecified atom stereocenters. The van der Waals surface area contributed by atoms with Crippen LogP contribution in [0.1, 0.15) is 28.8 Å². The van der Waals surface area contributed by atoms with Crippen LogP contribution < -0.4 is 5.43 Å². The third kappa shape index (κ3) is 2.48. The average molecular weight is 308 g/mol. The van der Waals surface area contributed by atoms with Gasteiger partial charge in [-0.2, -0.15) is 5.10 Å². The summed E-state index contributed by atoms with van der Waals surface area (Å²) in [6.07, 6.45) is 8.25. The molecule has 2 heterocycles. The van der Waals surface area contributed by atoms with E-state index in [2.05, 4.69) is 20.5 Å². The Morgan fingerprint density at radius 2 is 1.95 bits per heavy atom. The number of fused-ring (bicyclic) bond motifs is 3. The van der Waals surface area contributed by atoms with Gasteiger partial charge in [0, 0.05) is 4.88 Å². The molecule has 1 aliphatic rings. The fourth-order valence-corrected chi connectivity index (χ4v) is 4.11. The molecular weight excluding hydrogens is 292 g/mol. The molecule has 0 bridgehead atoms. The Bertz CT molecular complexity index is 823. The molecule has 0 aliphatic heterocycles. The van der Waals surface area contributed by atoms with Crippen LogP contribution in [-0.4, -0.2) is 16.2 Å². The first-order chi connectivity index (χ1) is 10.9. The minimum atomic E-state index is 0.816. The molecule has 0 fully saturated rings. The van der Waals surface area contributed by atoms with Gasteiger partial charge in [0.1, 0.15) is 11.2 Å². The zero-order chi connectivity index (χ0) is 14.8. The quantitative estimate of drug-likeness (QED) is 0.587. The van der Waals surface area contributed by atoms with E-state index < -0.39 is 0 Å². The molecule has 4 nitrogen and oxygen atoms in total. The molecule has 0 spiro atoms. The topological polar surface area (TPSA) is 50.2 Å². The average Bonchev–Trinajstić information content (AvgIpc) is 2.95. The van der Waals surface area contributed by atoms with Gasteiger partial charge in [-0.05, 0) is 36.8 Å². The lowest BCUT2D eigenvalue weighted by molar-refractivity contribution is 0.700. The lowest BCUT2D eigenvalue weighted by Crippen LogP contribution is -2.00. The minimum absolute atomic E-state index is 0.816. The van der Waals surface area contributed by atoms with Crippen molar-refractivity contribution in [3.05, 3.63) is 52.7 Å². The summed E-state index contributed by atoms with van der Waals surface area (Å²) >= 11 is 1.80. The SMILES string of the molecule is C(=N/Nc1ncnc2sc3c(c12)CCCC3)/c1ccccc1. The van der Waals surface area contributed by atoms with Crippen LogP contribution in [0, 0.1) is 0 Å². The maximum Gasteiger partial charge on any atom is 0.158 e. The van der Waals surface area contributed by atoms with E-state index in [1.54, 1.807) is 17.7 Å². The number of aromatic nitrogens is 2. The summed E-state index contributed by atoms with van der Waals surface area (Å²) in [7, 11) is 0. The largest absolute Gasteiger partial charge is 0.261 e. The number of anilines is 1. The van der Waals surface area contributed by atoms with E-state index in [1.165, 1.54) is 29.7 Å². The third-order valence-electron chi connectivity index (χ3n) is 3.93. The third-order valence-corrected chi connectivity index (χ3v) is 5.13. The number of nitrogens with zero attached hydrogens (tertiary/aromatic N) is 3. The molecule has 0 radical (unpaired) electrons.